The summed E-state index contributed by atoms with van der Waals surface area (Å²) in [5.74, 6) is 0. The Bertz CT molecular complexity index is 381. The van der Waals surface area contributed by atoms with Gasteiger partial charge in [-0.25, -0.2) is 0 Å². The van der Waals surface area contributed by atoms with Gasteiger partial charge in [0.25, 0.3) is 0 Å². The number of likely N-dealkylation sites (tertiary alicyclic amines) is 1. The number of piperidine rings is 1. The Morgan fingerprint density at radius 3 is 2.53 bits per heavy atom. The van der Waals surface area contributed by atoms with Crippen molar-refractivity contribution in [2.45, 2.75) is 32.2 Å². The average Bonchev–Trinajstić information content (AvgIpc) is 2.42. The molecule has 0 aromatic heterocycles. The lowest BCUT2D eigenvalue weighted by atomic mass is 10.0. The van der Waals surface area contributed by atoms with Gasteiger partial charge in [-0.05, 0) is 37.9 Å². The van der Waals surface area contributed by atoms with Crippen molar-refractivity contribution in [2.75, 3.05) is 43.9 Å². The van der Waals surface area contributed by atoms with Crippen molar-refractivity contribution in [3.05, 3.63) is 24.3 Å². The van der Waals surface area contributed by atoms with Gasteiger partial charge in [0, 0.05) is 33.2 Å². The maximum atomic E-state index is 3.73. The van der Waals surface area contributed by atoms with Gasteiger partial charge in [0.1, 0.15) is 0 Å². The summed E-state index contributed by atoms with van der Waals surface area (Å²) in [6.45, 7) is 5.98. The molecule has 1 aliphatic heterocycles. The molecule has 0 unspecified atom stereocenters. The van der Waals surface area contributed by atoms with E-state index in [1.807, 2.05) is 0 Å². The van der Waals surface area contributed by atoms with Gasteiger partial charge in [-0.1, -0.05) is 19.1 Å². The van der Waals surface area contributed by atoms with Crippen LogP contribution < -0.4 is 10.2 Å². The topological polar surface area (TPSA) is 18.5 Å². The van der Waals surface area contributed by atoms with Crippen molar-refractivity contribution >= 4 is 11.4 Å². The molecule has 1 aromatic rings. The van der Waals surface area contributed by atoms with Gasteiger partial charge in [0.15, 0.2) is 0 Å². The summed E-state index contributed by atoms with van der Waals surface area (Å²) in [4.78, 5) is 4.75. The Balaban J connectivity index is 1.92. The third-order valence-corrected chi connectivity index (χ3v) is 3.87. The van der Waals surface area contributed by atoms with Gasteiger partial charge in [-0.15, -0.1) is 0 Å². The maximum absolute atomic E-state index is 3.73. The van der Waals surface area contributed by atoms with Crippen LogP contribution >= 0.6 is 0 Å². The fourth-order valence-electron chi connectivity index (χ4n) is 2.82. The molecule has 3 heteroatoms. The van der Waals surface area contributed by atoms with Crippen molar-refractivity contribution in [1.82, 2.24) is 4.90 Å². The van der Waals surface area contributed by atoms with E-state index in [0.29, 0.717) is 6.04 Å². The molecule has 0 spiro atoms. The zero-order valence-electron chi connectivity index (χ0n) is 12.5. The van der Waals surface area contributed by atoms with Crippen LogP contribution in [0.1, 0.15) is 26.2 Å². The van der Waals surface area contributed by atoms with Crippen LogP contribution in [-0.4, -0.2) is 44.7 Å². The van der Waals surface area contributed by atoms with Crippen LogP contribution in [0.3, 0.4) is 0 Å². The number of nitrogens with one attached hydrogen (secondary N) is 1. The van der Waals surface area contributed by atoms with Crippen LogP contribution in [0.2, 0.25) is 0 Å². The zero-order valence-corrected chi connectivity index (χ0v) is 12.5. The van der Waals surface area contributed by atoms with E-state index in [1.165, 1.54) is 50.3 Å². The second-order valence-corrected chi connectivity index (χ2v) is 5.67. The van der Waals surface area contributed by atoms with E-state index in [-0.39, 0.29) is 0 Å². The van der Waals surface area contributed by atoms with E-state index >= 15 is 0 Å². The molecule has 1 aromatic carbocycles. The molecule has 0 bridgehead atoms. The van der Waals surface area contributed by atoms with Crippen LogP contribution in [-0.2, 0) is 0 Å². The molecular weight excluding hydrogens is 234 g/mol. The zero-order chi connectivity index (χ0) is 13.7. The predicted octanol–water partition coefficient (Wildman–Crippen LogP) is 3.04. The first-order valence-electron chi connectivity index (χ1n) is 7.46. The second-order valence-electron chi connectivity index (χ2n) is 5.67. The van der Waals surface area contributed by atoms with E-state index in [9.17, 15) is 0 Å². The first kappa shape index (κ1) is 14.2. The molecule has 106 valence electrons. The first-order chi connectivity index (χ1) is 9.20. The highest BCUT2D eigenvalue weighted by molar-refractivity contribution is 5.69. The molecule has 0 amide bonds. The Hall–Kier alpha value is -1.22. The van der Waals surface area contributed by atoms with Gasteiger partial charge in [-0.3, -0.25) is 0 Å². The van der Waals surface area contributed by atoms with Crippen LogP contribution in [0.25, 0.3) is 0 Å². The molecular formula is C16H27N3. The Labute approximate surface area is 117 Å². The molecule has 2 rings (SSSR count). The van der Waals surface area contributed by atoms with Crippen molar-refractivity contribution in [1.29, 1.82) is 0 Å². The number of hydrogen-bond donors (Lipinski definition) is 1. The van der Waals surface area contributed by atoms with E-state index in [0.717, 1.165) is 0 Å². The highest BCUT2D eigenvalue weighted by atomic mass is 15.1. The standard InChI is InChI=1S/C16H27N3/c1-4-11-19-12-9-14(10-13-19)17-15-7-5-6-8-16(15)18(2)3/h5-8,14,17H,4,9-13H2,1-3H3. The van der Waals surface area contributed by atoms with Crippen LogP contribution in [0.5, 0.6) is 0 Å². The normalized spacial score (nSPS) is 17.4. The molecule has 0 radical (unpaired) electrons. The maximum Gasteiger partial charge on any atom is 0.0596 e. The number of anilines is 2. The first-order valence-corrected chi connectivity index (χ1v) is 7.46. The smallest absolute Gasteiger partial charge is 0.0596 e. The number of para-hydroxylation sites is 2. The van der Waals surface area contributed by atoms with Gasteiger partial charge < -0.3 is 15.1 Å². The lowest BCUT2D eigenvalue weighted by molar-refractivity contribution is 0.219. The van der Waals surface area contributed by atoms with Gasteiger partial charge >= 0.3 is 0 Å². The average molecular weight is 261 g/mol. The summed E-state index contributed by atoms with van der Waals surface area (Å²) in [5.41, 5.74) is 2.54. The molecule has 19 heavy (non-hydrogen) atoms. The lowest BCUT2D eigenvalue weighted by Gasteiger charge is -2.33. The quantitative estimate of drug-likeness (QED) is 0.879. The summed E-state index contributed by atoms with van der Waals surface area (Å²) in [6, 6.07) is 9.20. The molecule has 0 aliphatic carbocycles. The van der Waals surface area contributed by atoms with Crippen LogP contribution in [0, 0.1) is 0 Å². The van der Waals surface area contributed by atoms with Gasteiger partial charge in [0.05, 0.1) is 11.4 Å². The van der Waals surface area contributed by atoms with Crippen molar-refractivity contribution < 1.29 is 0 Å². The highest BCUT2D eigenvalue weighted by Crippen LogP contribution is 2.26. The van der Waals surface area contributed by atoms with E-state index in [4.69, 9.17) is 0 Å². The number of rotatable bonds is 5. The summed E-state index contributed by atoms with van der Waals surface area (Å²) < 4.78 is 0. The largest absolute Gasteiger partial charge is 0.381 e. The van der Waals surface area contributed by atoms with E-state index in [2.05, 4.69) is 60.4 Å². The minimum atomic E-state index is 0.620. The number of nitrogens with zero attached hydrogens (tertiary/aromatic N) is 2. The molecule has 3 nitrogen and oxygen atoms in total. The number of benzene rings is 1. The summed E-state index contributed by atoms with van der Waals surface area (Å²) >= 11 is 0. The van der Waals surface area contributed by atoms with Crippen molar-refractivity contribution in [2.24, 2.45) is 0 Å². The summed E-state index contributed by atoms with van der Waals surface area (Å²) in [5, 5.41) is 3.73. The Kier molecular flexibility index (Phi) is 5.08. The van der Waals surface area contributed by atoms with Gasteiger partial charge in [-0.2, -0.15) is 0 Å². The summed E-state index contributed by atoms with van der Waals surface area (Å²) in [7, 11) is 4.20. The third-order valence-electron chi connectivity index (χ3n) is 3.87. The minimum absolute atomic E-state index is 0.620. The minimum Gasteiger partial charge on any atom is -0.381 e. The third kappa shape index (κ3) is 3.87. The molecule has 0 saturated carbocycles. The van der Waals surface area contributed by atoms with Gasteiger partial charge in [0.2, 0.25) is 0 Å². The highest BCUT2D eigenvalue weighted by Gasteiger charge is 2.19. The monoisotopic (exact) mass is 261 g/mol. The predicted molar refractivity (Wildman–Crippen MR) is 84.1 cm³/mol. The molecule has 1 aliphatic rings. The molecule has 1 N–H and O–H groups in total. The molecule has 0 atom stereocenters. The molecule has 1 fully saturated rings. The Morgan fingerprint density at radius 2 is 1.89 bits per heavy atom. The molecule has 1 saturated heterocycles. The SMILES string of the molecule is CCCN1CCC(Nc2ccccc2N(C)C)CC1. The lowest BCUT2D eigenvalue weighted by Crippen LogP contribution is -2.39. The second kappa shape index (κ2) is 6.80. The molecule has 1 heterocycles. The van der Waals surface area contributed by atoms with Crippen molar-refractivity contribution in [3.63, 3.8) is 0 Å². The van der Waals surface area contributed by atoms with Crippen LogP contribution in [0.15, 0.2) is 24.3 Å². The Morgan fingerprint density at radius 1 is 1.21 bits per heavy atom. The summed E-state index contributed by atoms with van der Waals surface area (Å²) in [6.07, 6.45) is 3.77. The van der Waals surface area contributed by atoms with Crippen molar-refractivity contribution in [3.8, 4) is 0 Å². The fraction of sp³-hybridized carbons (Fsp3) is 0.625. The van der Waals surface area contributed by atoms with E-state index < -0.39 is 0 Å². The fourth-order valence-corrected chi connectivity index (χ4v) is 2.82. The van der Waals surface area contributed by atoms with E-state index in [1.54, 1.807) is 0 Å². The van der Waals surface area contributed by atoms with Crippen LogP contribution in [0.4, 0.5) is 11.4 Å². The number of hydrogen-bond acceptors (Lipinski definition) is 3.